The Kier molecular flexibility index (Phi) is 13.1. The Bertz CT molecular complexity index is 1770. The zero-order valence-corrected chi connectivity index (χ0v) is 27.1. The van der Waals surface area contributed by atoms with Crippen LogP contribution in [0.3, 0.4) is 0 Å². The molecule has 49 heavy (non-hydrogen) atoms. The van der Waals surface area contributed by atoms with Crippen molar-refractivity contribution in [1.29, 1.82) is 0 Å². The van der Waals surface area contributed by atoms with Crippen LogP contribution in [0.5, 0.6) is 17.2 Å². The maximum atomic E-state index is 12.9. The number of carbonyl (C=O) groups is 4. The third kappa shape index (κ3) is 10.6. The van der Waals surface area contributed by atoms with Gasteiger partial charge in [0.25, 0.3) is 0 Å². The molecule has 0 aliphatic rings. The molecule has 256 valence electrons. The zero-order chi connectivity index (χ0) is 35.2. The summed E-state index contributed by atoms with van der Waals surface area (Å²) in [6, 6.07) is 18.5. The number of carbonyl (C=O) groups excluding carboxylic acids is 4. The molecule has 4 rings (SSSR count). The topological polar surface area (TPSA) is 146 Å². The van der Waals surface area contributed by atoms with Crippen molar-refractivity contribution in [2.75, 3.05) is 33.5 Å². The number of aryl methyl sites for hydroxylation is 1. The van der Waals surface area contributed by atoms with E-state index in [4.69, 9.17) is 37.6 Å². The molecule has 0 saturated heterocycles. The standard InChI is InChI=1S/C37H36O12/c1-5-34(38)44-20-8-7-19-43-22-29(46-35(39)6-2)23-45-37(41)47-28-15-11-26(12-16-28)36(40)49-31-17-18-32-30(24(31)3)21-33(48-32)25-9-13-27(42-4)14-10-25/h5-6,9-18,21,29H,1-2,7-8,19-20,22-23H2,3-4H3. The second-order valence-electron chi connectivity index (χ2n) is 10.4. The van der Waals surface area contributed by atoms with Crippen LogP contribution in [0.2, 0.25) is 0 Å². The molecule has 0 aliphatic carbocycles. The quantitative estimate of drug-likeness (QED) is 0.0291. The fourth-order valence-electron chi connectivity index (χ4n) is 4.42. The Morgan fingerprint density at radius 2 is 1.49 bits per heavy atom. The molecule has 4 aromatic rings. The van der Waals surface area contributed by atoms with Gasteiger partial charge in [0.15, 0.2) is 6.10 Å². The van der Waals surface area contributed by atoms with Gasteiger partial charge in [0.1, 0.15) is 35.2 Å². The van der Waals surface area contributed by atoms with E-state index in [1.165, 1.54) is 24.3 Å². The number of esters is 3. The van der Waals surface area contributed by atoms with Crippen LogP contribution in [0.15, 0.2) is 96.5 Å². The summed E-state index contributed by atoms with van der Waals surface area (Å²) in [7, 11) is 1.60. The fourth-order valence-corrected chi connectivity index (χ4v) is 4.42. The van der Waals surface area contributed by atoms with E-state index >= 15 is 0 Å². The Labute approximate surface area is 282 Å². The maximum absolute atomic E-state index is 12.9. The molecule has 0 aliphatic heterocycles. The second kappa shape index (κ2) is 17.9. The average Bonchev–Trinajstić information content (AvgIpc) is 3.56. The number of rotatable bonds is 17. The van der Waals surface area contributed by atoms with Crippen molar-refractivity contribution < 1.29 is 56.8 Å². The first-order valence-corrected chi connectivity index (χ1v) is 15.2. The molecule has 12 heteroatoms. The molecule has 0 fully saturated rings. The molecule has 3 aromatic carbocycles. The van der Waals surface area contributed by atoms with Crippen LogP contribution in [0.1, 0.15) is 28.8 Å². The largest absolute Gasteiger partial charge is 0.513 e. The van der Waals surface area contributed by atoms with E-state index < -0.39 is 30.2 Å². The Hall–Kier alpha value is -5.88. The van der Waals surface area contributed by atoms with E-state index in [0.29, 0.717) is 29.9 Å². The minimum atomic E-state index is -1.06. The van der Waals surface area contributed by atoms with E-state index in [2.05, 4.69) is 13.2 Å². The van der Waals surface area contributed by atoms with Gasteiger partial charge in [-0.25, -0.2) is 19.2 Å². The Morgan fingerprint density at radius 1 is 0.796 bits per heavy atom. The summed E-state index contributed by atoms with van der Waals surface area (Å²) in [5.74, 6) is 0.0419. The highest BCUT2D eigenvalue weighted by molar-refractivity contribution is 5.93. The van der Waals surface area contributed by atoms with Crippen LogP contribution in [0.25, 0.3) is 22.3 Å². The van der Waals surface area contributed by atoms with Crippen molar-refractivity contribution >= 4 is 35.0 Å². The van der Waals surface area contributed by atoms with Crippen molar-refractivity contribution in [2.45, 2.75) is 25.9 Å². The zero-order valence-electron chi connectivity index (χ0n) is 27.1. The first kappa shape index (κ1) is 36.0. The number of unbranched alkanes of at least 4 members (excludes halogenated alkanes) is 1. The van der Waals surface area contributed by atoms with Gasteiger partial charge in [0.05, 0.1) is 25.9 Å². The number of ether oxygens (including phenoxy) is 7. The van der Waals surface area contributed by atoms with Gasteiger partial charge in [-0.1, -0.05) is 13.2 Å². The summed E-state index contributed by atoms with van der Waals surface area (Å²) in [4.78, 5) is 48.0. The normalized spacial score (nSPS) is 11.2. The summed E-state index contributed by atoms with van der Waals surface area (Å²) in [5.41, 5.74) is 2.47. The lowest BCUT2D eigenvalue weighted by Gasteiger charge is -2.17. The molecule has 1 atom stereocenters. The highest BCUT2D eigenvalue weighted by Crippen LogP contribution is 2.34. The molecular formula is C37H36O12. The van der Waals surface area contributed by atoms with E-state index in [1.807, 2.05) is 37.3 Å². The van der Waals surface area contributed by atoms with Crippen LogP contribution in [0.4, 0.5) is 4.79 Å². The highest BCUT2D eigenvalue weighted by Gasteiger charge is 2.19. The summed E-state index contributed by atoms with van der Waals surface area (Å²) < 4.78 is 42.8. The van der Waals surface area contributed by atoms with Gasteiger partial charge in [0.2, 0.25) is 0 Å². The summed E-state index contributed by atoms with van der Waals surface area (Å²) in [6.45, 7) is 8.61. The molecule has 12 nitrogen and oxygen atoms in total. The van der Waals surface area contributed by atoms with Crippen molar-refractivity contribution in [1.82, 2.24) is 0 Å². The number of methoxy groups -OCH3 is 1. The molecule has 0 spiro atoms. The maximum Gasteiger partial charge on any atom is 0.513 e. The van der Waals surface area contributed by atoms with Crippen molar-refractivity contribution in [2.24, 2.45) is 0 Å². The molecule has 0 bridgehead atoms. The Balaban J connectivity index is 1.27. The predicted molar refractivity (Wildman–Crippen MR) is 178 cm³/mol. The van der Waals surface area contributed by atoms with Crippen molar-refractivity contribution in [3.8, 4) is 28.6 Å². The van der Waals surface area contributed by atoms with Gasteiger partial charge >= 0.3 is 24.1 Å². The van der Waals surface area contributed by atoms with Crippen molar-refractivity contribution in [3.05, 3.63) is 103 Å². The molecule has 0 radical (unpaired) electrons. The lowest BCUT2D eigenvalue weighted by molar-refractivity contribution is -0.149. The number of benzene rings is 3. The summed E-state index contributed by atoms with van der Waals surface area (Å²) >= 11 is 0. The van der Waals surface area contributed by atoms with E-state index in [9.17, 15) is 19.2 Å². The molecule has 1 unspecified atom stereocenters. The van der Waals surface area contributed by atoms with Crippen LogP contribution < -0.4 is 14.2 Å². The number of fused-ring (bicyclic) bond motifs is 1. The molecular weight excluding hydrogens is 636 g/mol. The Morgan fingerprint density at radius 3 is 2.18 bits per heavy atom. The molecule has 0 N–H and O–H groups in total. The van der Waals surface area contributed by atoms with E-state index in [1.54, 1.807) is 19.2 Å². The lowest BCUT2D eigenvalue weighted by atomic mass is 10.1. The third-order valence-corrected chi connectivity index (χ3v) is 7.02. The monoisotopic (exact) mass is 672 g/mol. The van der Waals surface area contributed by atoms with Crippen LogP contribution in [-0.2, 0) is 28.5 Å². The van der Waals surface area contributed by atoms with Crippen LogP contribution >= 0.6 is 0 Å². The smallest absolute Gasteiger partial charge is 0.497 e. The van der Waals surface area contributed by atoms with Gasteiger partial charge in [-0.2, -0.15) is 0 Å². The van der Waals surface area contributed by atoms with Crippen LogP contribution in [-0.4, -0.2) is 63.7 Å². The van der Waals surface area contributed by atoms with Crippen molar-refractivity contribution in [3.63, 3.8) is 0 Å². The molecule has 1 aromatic heterocycles. The first-order valence-electron chi connectivity index (χ1n) is 15.2. The van der Waals surface area contributed by atoms with E-state index in [0.717, 1.165) is 34.4 Å². The minimum Gasteiger partial charge on any atom is -0.497 e. The molecule has 0 saturated carbocycles. The lowest BCUT2D eigenvalue weighted by Crippen LogP contribution is -2.30. The van der Waals surface area contributed by atoms with Gasteiger partial charge < -0.3 is 37.6 Å². The highest BCUT2D eigenvalue weighted by atomic mass is 16.7. The summed E-state index contributed by atoms with van der Waals surface area (Å²) in [5, 5.41) is 0.801. The molecule has 0 amide bonds. The first-order chi connectivity index (χ1) is 23.7. The predicted octanol–water partition coefficient (Wildman–Crippen LogP) is 6.78. The minimum absolute atomic E-state index is 0.0625. The van der Waals surface area contributed by atoms with Crippen LogP contribution in [0, 0.1) is 6.92 Å². The third-order valence-electron chi connectivity index (χ3n) is 7.02. The van der Waals surface area contributed by atoms with Gasteiger partial charge in [0, 0.05) is 35.3 Å². The second-order valence-corrected chi connectivity index (χ2v) is 10.4. The van der Waals surface area contributed by atoms with E-state index in [-0.39, 0.29) is 37.7 Å². The SMILES string of the molecule is C=CC(=O)OCCCCOCC(COC(=O)Oc1ccc(C(=O)Oc2ccc3oc(-c4ccc(OC)cc4)cc3c2C)cc1)OC(=O)C=C. The van der Waals surface area contributed by atoms with Gasteiger partial charge in [-0.05, 0) is 86.5 Å². The summed E-state index contributed by atoms with van der Waals surface area (Å²) in [6.07, 6.45) is 1.21. The number of hydrogen-bond acceptors (Lipinski definition) is 12. The number of hydrogen-bond donors (Lipinski definition) is 0. The molecule has 1 heterocycles. The number of furan rings is 1. The average molecular weight is 673 g/mol. The van der Waals surface area contributed by atoms with Gasteiger partial charge in [-0.15, -0.1) is 0 Å². The fraction of sp³-hybridized carbons (Fsp3) is 0.243. The van der Waals surface area contributed by atoms with Gasteiger partial charge in [-0.3, -0.25) is 0 Å².